The van der Waals surface area contributed by atoms with Crippen LogP contribution in [0.3, 0.4) is 0 Å². The number of thiophene rings is 1. The van der Waals surface area contributed by atoms with Crippen LogP contribution >= 0.6 is 11.3 Å². The molecule has 0 spiro atoms. The molecule has 6 nitrogen and oxygen atoms in total. The van der Waals surface area contributed by atoms with E-state index >= 15 is 0 Å². The Morgan fingerprint density at radius 1 is 1.00 bits per heavy atom. The number of amides is 1. The van der Waals surface area contributed by atoms with Crippen LogP contribution in [-0.2, 0) is 21.5 Å². The van der Waals surface area contributed by atoms with E-state index in [2.05, 4.69) is 0 Å². The van der Waals surface area contributed by atoms with E-state index < -0.39 is 17.7 Å². The fraction of sp³-hybridized carbons (Fsp3) is 0.286. The normalized spacial score (nSPS) is 17.6. The fourth-order valence-electron chi connectivity index (χ4n) is 4.43. The van der Waals surface area contributed by atoms with Crippen molar-refractivity contribution < 1.29 is 24.2 Å². The van der Waals surface area contributed by atoms with Gasteiger partial charge in [0.2, 0.25) is 0 Å². The lowest BCUT2D eigenvalue weighted by molar-refractivity contribution is -0.140. The van der Waals surface area contributed by atoms with Gasteiger partial charge in [-0.3, -0.25) is 9.59 Å². The first-order chi connectivity index (χ1) is 16.7. The van der Waals surface area contributed by atoms with Crippen LogP contribution in [0.1, 0.15) is 48.4 Å². The number of rotatable bonds is 6. The highest BCUT2D eigenvalue weighted by Crippen LogP contribution is 2.44. The van der Waals surface area contributed by atoms with Gasteiger partial charge in [-0.05, 0) is 41.1 Å². The molecule has 0 radical (unpaired) electrons. The van der Waals surface area contributed by atoms with Crippen molar-refractivity contribution in [3.8, 4) is 11.5 Å². The Labute approximate surface area is 209 Å². The second-order valence-corrected chi connectivity index (χ2v) is 10.4. The summed E-state index contributed by atoms with van der Waals surface area (Å²) in [6.45, 7) is 6.38. The Kier molecular flexibility index (Phi) is 6.72. The molecule has 1 atom stereocenters. The summed E-state index contributed by atoms with van der Waals surface area (Å²) in [6, 6.07) is 15.6. The van der Waals surface area contributed by atoms with Gasteiger partial charge in [0.25, 0.3) is 11.7 Å². The number of carbonyl (C=O) groups excluding carboxylic acids is 2. The summed E-state index contributed by atoms with van der Waals surface area (Å²) in [5.41, 5.74) is 1.74. The average molecular weight is 492 g/mol. The van der Waals surface area contributed by atoms with Crippen molar-refractivity contribution in [1.29, 1.82) is 0 Å². The number of aliphatic hydroxyl groups is 1. The Balaban J connectivity index is 1.93. The van der Waals surface area contributed by atoms with Crippen LogP contribution in [0.25, 0.3) is 5.76 Å². The molecule has 1 fully saturated rings. The average Bonchev–Trinajstić information content (AvgIpc) is 3.45. The highest BCUT2D eigenvalue weighted by molar-refractivity contribution is 7.09. The van der Waals surface area contributed by atoms with Gasteiger partial charge in [-0.25, -0.2) is 0 Å². The molecule has 0 aliphatic carbocycles. The molecule has 0 saturated carbocycles. The van der Waals surface area contributed by atoms with Gasteiger partial charge in [-0.2, -0.15) is 0 Å². The molecule has 7 heteroatoms. The predicted molar refractivity (Wildman–Crippen MR) is 137 cm³/mol. The van der Waals surface area contributed by atoms with E-state index in [1.54, 1.807) is 32.4 Å². The molecule has 1 N–H and O–H groups in total. The van der Waals surface area contributed by atoms with Gasteiger partial charge in [0.15, 0.2) is 0 Å². The van der Waals surface area contributed by atoms with Gasteiger partial charge in [0, 0.05) is 21.6 Å². The summed E-state index contributed by atoms with van der Waals surface area (Å²) < 4.78 is 11.1. The van der Waals surface area contributed by atoms with E-state index in [4.69, 9.17) is 9.47 Å². The fourth-order valence-corrected chi connectivity index (χ4v) is 5.13. The highest BCUT2D eigenvalue weighted by Gasteiger charge is 2.47. The zero-order valence-corrected chi connectivity index (χ0v) is 21.3. The minimum Gasteiger partial charge on any atom is -0.507 e. The molecule has 1 aromatic heterocycles. The number of hydrogen-bond donors (Lipinski definition) is 1. The third-order valence-corrected chi connectivity index (χ3v) is 7.02. The number of hydrogen-bond acceptors (Lipinski definition) is 6. The molecular weight excluding hydrogens is 462 g/mol. The van der Waals surface area contributed by atoms with Crippen LogP contribution in [0, 0.1) is 0 Å². The van der Waals surface area contributed by atoms with E-state index in [9.17, 15) is 14.7 Å². The maximum atomic E-state index is 13.4. The van der Waals surface area contributed by atoms with Crippen LogP contribution in [0.5, 0.6) is 11.5 Å². The van der Waals surface area contributed by atoms with E-state index in [1.807, 2.05) is 62.5 Å². The smallest absolute Gasteiger partial charge is 0.295 e. The number of methoxy groups -OCH3 is 2. The first-order valence-corrected chi connectivity index (χ1v) is 12.2. The van der Waals surface area contributed by atoms with Gasteiger partial charge in [0.05, 0.1) is 32.4 Å². The topological polar surface area (TPSA) is 76.1 Å². The molecule has 1 aliphatic heterocycles. The summed E-state index contributed by atoms with van der Waals surface area (Å²) in [6.07, 6.45) is 0. The highest BCUT2D eigenvalue weighted by atomic mass is 32.1. The van der Waals surface area contributed by atoms with Crippen molar-refractivity contribution in [3.05, 3.63) is 87.1 Å². The molecule has 2 heterocycles. The zero-order valence-electron chi connectivity index (χ0n) is 20.5. The van der Waals surface area contributed by atoms with Gasteiger partial charge in [-0.1, -0.05) is 45.0 Å². The number of likely N-dealkylation sites (tertiary alicyclic amines) is 1. The second-order valence-electron chi connectivity index (χ2n) is 9.41. The molecule has 35 heavy (non-hydrogen) atoms. The number of Topliss-reactive ketones (excluding diaryl/α,β-unsaturated/α-hetero) is 1. The summed E-state index contributed by atoms with van der Waals surface area (Å²) in [4.78, 5) is 29.1. The summed E-state index contributed by atoms with van der Waals surface area (Å²) in [5, 5.41) is 13.4. The number of ketones is 1. The Hall–Kier alpha value is -3.58. The Bertz CT molecular complexity index is 1290. The van der Waals surface area contributed by atoms with E-state index in [-0.39, 0.29) is 23.3 Å². The maximum Gasteiger partial charge on any atom is 0.295 e. The van der Waals surface area contributed by atoms with Crippen molar-refractivity contribution in [2.75, 3.05) is 14.2 Å². The van der Waals surface area contributed by atoms with Crippen LogP contribution in [-0.4, -0.2) is 35.9 Å². The zero-order chi connectivity index (χ0) is 25.3. The third-order valence-electron chi connectivity index (χ3n) is 6.16. The molecule has 1 aliphatic rings. The van der Waals surface area contributed by atoms with Crippen molar-refractivity contribution in [2.24, 2.45) is 0 Å². The number of benzene rings is 2. The first-order valence-electron chi connectivity index (χ1n) is 11.3. The minimum atomic E-state index is -0.798. The first kappa shape index (κ1) is 24.5. The van der Waals surface area contributed by atoms with Crippen molar-refractivity contribution in [3.63, 3.8) is 0 Å². The van der Waals surface area contributed by atoms with Crippen molar-refractivity contribution in [2.45, 2.75) is 38.8 Å². The number of aliphatic hydroxyl groups excluding tert-OH is 1. The predicted octanol–water partition coefficient (Wildman–Crippen LogP) is 5.68. The monoisotopic (exact) mass is 491 g/mol. The summed E-state index contributed by atoms with van der Waals surface area (Å²) in [5.74, 6) is -0.371. The molecule has 182 valence electrons. The van der Waals surface area contributed by atoms with Crippen molar-refractivity contribution >= 4 is 28.8 Å². The van der Waals surface area contributed by atoms with Crippen molar-refractivity contribution in [1.82, 2.24) is 4.90 Å². The SMILES string of the molecule is COc1ccccc1C1/C(=C(\O)c2ccc(OC)c(C(C)(C)C)c2)C(=O)C(=O)N1Cc1cccs1. The quantitative estimate of drug-likeness (QED) is 0.273. The van der Waals surface area contributed by atoms with Crippen LogP contribution < -0.4 is 9.47 Å². The molecule has 3 aromatic rings. The molecular formula is C28H29NO5S. The maximum absolute atomic E-state index is 13.4. The summed E-state index contributed by atoms with van der Waals surface area (Å²) >= 11 is 1.51. The van der Waals surface area contributed by atoms with E-state index in [0.717, 1.165) is 10.4 Å². The van der Waals surface area contributed by atoms with Crippen LogP contribution in [0.2, 0.25) is 0 Å². The number of nitrogens with zero attached hydrogens (tertiary/aromatic N) is 1. The lowest BCUT2D eigenvalue weighted by Crippen LogP contribution is -2.29. The van der Waals surface area contributed by atoms with Crippen LogP contribution in [0.15, 0.2) is 65.6 Å². The molecule has 1 unspecified atom stereocenters. The molecule has 4 rings (SSSR count). The second kappa shape index (κ2) is 9.58. The van der Waals surface area contributed by atoms with E-state index in [0.29, 0.717) is 22.6 Å². The Morgan fingerprint density at radius 3 is 2.34 bits per heavy atom. The summed E-state index contributed by atoms with van der Waals surface area (Å²) in [7, 11) is 3.14. The van der Waals surface area contributed by atoms with Gasteiger partial charge < -0.3 is 19.5 Å². The largest absolute Gasteiger partial charge is 0.507 e. The Morgan fingerprint density at radius 2 is 1.71 bits per heavy atom. The number of carbonyl (C=O) groups is 2. The minimum absolute atomic E-state index is 0.0427. The molecule has 0 bridgehead atoms. The number of ether oxygens (including phenoxy) is 2. The van der Waals surface area contributed by atoms with Crippen LogP contribution in [0.4, 0.5) is 0 Å². The molecule has 1 amide bonds. The lowest BCUT2D eigenvalue weighted by atomic mass is 9.84. The molecule has 1 saturated heterocycles. The van der Waals surface area contributed by atoms with Gasteiger partial charge >= 0.3 is 0 Å². The standard InChI is InChI=1S/C28H29NO5S/c1-28(2,3)20-15-17(12-13-22(20)34-5)25(30)23-24(19-10-6-7-11-21(19)33-4)29(27(32)26(23)31)16-18-9-8-14-35-18/h6-15,24,30H,16H2,1-5H3/b25-23+. The lowest BCUT2D eigenvalue weighted by Gasteiger charge is -2.26. The molecule has 2 aromatic carbocycles. The third kappa shape index (κ3) is 4.56. The van der Waals surface area contributed by atoms with Gasteiger partial charge in [0.1, 0.15) is 17.3 Å². The van der Waals surface area contributed by atoms with Gasteiger partial charge in [-0.15, -0.1) is 11.3 Å². The number of para-hydroxylation sites is 1. The van der Waals surface area contributed by atoms with E-state index in [1.165, 1.54) is 16.2 Å².